The Hall–Kier alpha value is -1.44. The van der Waals surface area contributed by atoms with E-state index in [4.69, 9.17) is 14.2 Å². The van der Waals surface area contributed by atoms with Crippen LogP contribution < -0.4 is 0 Å². The summed E-state index contributed by atoms with van der Waals surface area (Å²) in [5.41, 5.74) is -4.09. The van der Waals surface area contributed by atoms with E-state index >= 15 is 0 Å². The minimum atomic E-state index is -1.47. The highest BCUT2D eigenvalue weighted by Gasteiger charge is 2.74. The molecule has 4 saturated carbocycles. The maximum Gasteiger partial charge on any atom is 0.331 e. The molecule has 0 radical (unpaired) electrons. The number of aliphatic hydroxyl groups is 6. The molecule has 0 unspecified atom stereocenters. The molecule has 0 bridgehead atoms. The molecule has 224 valence electrons. The van der Waals surface area contributed by atoms with Crippen LogP contribution in [-0.4, -0.2) is 104 Å². The lowest BCUT2D eigenvalue weighted by Gasteiger charge is -2.66. The molecule has 11 nitrogen and oxygen atoms in total. The Morgan fingerprint density at radius 1 is 1.00 bits per heavy atom. The summed E-state index contributed by atoms with van der Waals surface area (Å²) in [7, 11) is 0. The van der Waals surface area contributed by atoms with Gasteiger partial charge in [-0.15, -0.1) is 0 Å². The van der Waals surface area contributed by atoms with Crippen molar-refractivity contribution in [3.05, 3.63) is 11.6 Å². The predicted molar refractivity (Wildman–Crippen MR) is 136 cm³/mol. The van der Waals surface area contributed by atoms with Gasteiger partial charge in [-0.3, -0.25) is 0 Å². The van der Waals surface area contributed by atoms with Gasteiger partial charge >= 0.3 is 5.97 Å². The third-order valence-electron chi connectivity index (χ3n) is 12.1. The van der Waals surface area contributed by atoms with E-state index in [-0.39, 0.29) is 44.1 Å². The summed E-state index contributed by atoms with van der Waals surface area (Å²) in [4.78, 5) is 24.8. The molecule has 40 heavy (non-hydrogen) atoms. The highest BCUT2D eigenvalue weighted by atomic mass is 16.7. The Morgan fingerprint density at radius 3 is 2.42 bits per heavy atom. The van der Waals surface area contributed by atoms with Crippen LogP contribution in [0.3, 0.4) is 0 Å². The summed E-state index contributed by atoms with van der Waals surface area (Å²) in [6, 6.07) is 0. The van der Waals surface area contributed by atoms with Gasteiger partial charge < -0.3 is 49.6 Å². The molecule has 4 aliphatic carbocycles. The van der Waals surface area contributed by atoms with Gasteiger partial charge in [-0.25, -0.2) is 4.79 Å². The SMILES string of the molecule is C[C@@H]1O[C@@H](O[C@H]2CC[C@]3(C=O)[C@H]4C[C@H](O)[C@]5(C)[C@@H](C6=CC(=O)OC6)CC[C@]5(O)[C@@H]4CC[C@]3(O)C2)[C@H](O)[C@H](O)[C@H]1O. The molecule has 0 amide bonds. The average molecular weight is 567 g/mol. The molecular formula is C29H42O11. The number of hydrogen-bond donors (Lipinski definition) is 6. The summed E-state index contributed by atoms with van der Waals surface area (Å²) in [5, 5.41) is 66.7. The number of fused-ring (bicyclic) bond motifs is 5. The normalized spacial score (nSPS) is 56.0. The van der Waals surface area contributed by atoms with Crippen molar-refractivity contribution in [2.45, 2.75) is 119 Å². The lowest BCUT2D eigenvalue weighted by molar-refractivity contribution is -0.319. The Labute approximate surface area is 233 Å². The highest BCUT2D eigenvalue weighted by Crippen LogP contribution is 2.70. The third kappa shape index (κ3) is 3.71. The van der Waals surface area contributed by atoms with Crippen molar-refractivity contribution in [1.82, 2.24) is 0 Å². The van der Waals surface area contributed by atoms with Gasteiger partial charge in [0.05, 0.1) is 34.9 Å². The van der Waals surface area contributed by atoms with Crippen LogP contribution >= 0.6 is 0 Å². The van der Waals surface area contributed by atoms with E-state index in [1.165, 1.54) is 6.08 Å². The molecule has 0 aromatic heterocycles. The molecule has 5 fully saturated rings. The molecule has 2 heterocycles. The summed E-state index contributed by atoms with van der Waals surface area (Å²) in [5.74, 6) is -1.42. The minimum absolute atomic E-state index is 0.0926. The zero-order valence-electron chi connectivity index (χ0n) is 23.0. The van der Waals surface area contributed by atoms with E-state index in [0.717, 1.165) is 11.9 Å². The van der Waals surface area contributed by atoms with Crippen LogP contribution in [0.4, 0.5) is 0 Å². The van der Waals surface area contributed by atoms with E-state index in [1.807, 2.05) is 6.92 Å². The molecule has 11 heteroatoms. The number of aliphatic hydroxyl groups excluding tert-OH is 4. The number of aldehydes is 1. The number of hydrogen-bond acceptors (Lipinski definition) is 11. The van der Waals surface area contributed by atoms with Crippen LogP contribution in [0.15, 0.2) is 11.6 Å². The summed E-state index contributed by atoms with van der Waals surface area (Å²) in [6.07, 6.45) is -2.70. The van der Waals surface area contributed by atoms with Crippen LogP contribution in [0, 0.1) is 28.6 Å². The first-order valence-corrected chi connectivity index (χ1v) is 14.6. The highest BCUT2D eigenvalue weighted by molar-refractivity contribution is 5.85. The predicted octanol–water partition coefficient (Wildman–Crippen LogP) is -0.279. The maximum absolute atomic E-state index is 13.0. The van der Waals surface area contributed by atoms with E-state index in [0.29, 0.717) is 25.7 Å². The van der Waals surface area contributed by atoms with Gasteiger partial charge in [0.1, 0.15) is 31.2 Å². The number of ether oxygens (including phenoxy) is 3. The Kier molecular flexibility index (Phi) is 6.83. The van der Waals surface area contributed by atoms with Crippen LogP contribution in [0.2, 0.25) is 0 Å². The molecule has 6 N–H and O–H groups in total. The van der Waals surface area contributed by atoms with Crippen molar-refractivity contribution in [3.8, 4) is 0 Å². The van der Waals surface area contributed by atoms with Crippen LogP contribution in [-0.2, 0) is 23.8 Å². The fraction of sp³-hybridized carbons (Fsp3) is 0.862. The monoisotopic (exact) mass is 566 g/mol. The topological polar surface area (TPSA) is 183 Å². The second-order valence-corrected chi connectivity index (χ2v) is 13.5. The number of esters is 1. The summed E-state index contributed by atoms with van der Waals surface area (Å²) < 4.78 is 16.8. The second-order valence-electron chi connectivity index (χ2n) is 13.5. The van der Waals surface area contributed by atoms with E-state index in [9.17, 15) is 40.2 Å². The summed E-state index contributed by atoms with van der Waals surface area (Å²) in [6.45, 7) is 3.61. The molecule has 2 aliphatic heterocycles. The van der Waals surface area contributed by atoms with Crippen molar-refractivity contribution < 1.29 is 54.4 Å². The first-order valence-electron chi connectivity index (χ1n) is 14.6. The zero-order chi connectivity index (χ0) is 28.8. The van der Waals surface area contributed by atoms with E-state index in [2.05, 4.69) is 0 Å². The third-order valence-corrected chi connectivity index (χ3v) is 12.1. The van der Waals surface area contributed by atoms with Gasteiger partial charge in [-0.2, -0.15) is 0 Å². The fourth-order valence-corrected chi connectivity index (χ4v) is 9.74. The molecular weight excluding hydrogens is 524 g/mol. The van der Waals surface area contributed by atoms with Gasteiger partial charge in [0.2, 0.25) is 0 Å². The second kappa shape index (κ2) is 9.54. The van der Waals surface area contributed by atoms with Crippen LogP contribution in [0.5, 0.6) is 0 Å². The van der Waals surface area contributed by atoms with E-state index < -0.39 is 76.8 Å². The van der Waals surface area contributed by atoms with Gasteiger partial charge in [0.25, 0.3) is 0 Å². The number of cyclic esters (lactones) is 1. The van der Waals surface area contributed by atoms with Crippen LogP contribution in [0.25, 0.3) is 0 Å². The quantitative estimate of drug-likeness (QED) is 0.149. The Balaban J connectivity index is 1.25. The van der Waals surface area contributed by atoms with Gasteiger partial charge in [0.15, 0.2) is 6.29 Å². The van der Waals surface area contributed by atoms with Crippen molar-refractivity contribution in [1.29, 1.82) is 0 Å². The van der Waals surface area contributed by atoms with Crippen molar-refractivity contribution in [2.24, 2.45) is 28.6 Å². The zero-order valence-corrected chi connectivity index (χ0v) is 23.0. The first-order chi connectivity index (χ1) is 18.8. The minimum Gasteiger partial charge on any atom is -0.458 e. The van der Waals surface area contributed by atoms with Gasteiger partial charge in [-0.05, 0) is 75.2 Å². The maximum atomic E-state index is 13.0. The molecule has 6 aliphatic rings. The Bertz CT molecular complexity index is 1080. The van der Waals surface area contributed by atoms with E-state index in [1.54, 1.807) is 6.92 Å². The van der Waals surface area contributed by atoms with Crippen molar-refractivity contribution >= 4 is 12.3 Å². The van der Waals surface area contributed by atoms with Gasteiger partial charge in [-0.1, -0.05) is 6.92 Å². The molecule has 0 aromatic carbocycles. The summed E-state index contributed by atoms with van der Waals surface area (Å²) >= 11 is 0. The molecule has 0 aromatic rings. The lowest BCUT2D eigenvalue weighted by Crippen LogP contribution is -2.71. The standard InChI is InChI=1S/C29H42O11/c1-14-22(33)23(34)24(35)25(39-14)40-16-3-6-27(13-30)19-10-20(31)26(2)17(15-9-21(32)38-12-15)5-8-29(26,37)18(19)4-7-28(27,36)11-16/h9,13-14,16-20,22-25,31,33-37H,3-8,10-12H2,1-2H3/t14-,16-,17+,18+,19-,20-,22-,23+,24+,25-,26-,27-,28-,29-/m0/s1. The fourth-order valence-electron chi connectivity index (χ4n) is 9.74. The van der Waals surface area contributed by atoms with Crippen molar-refractivity contribution in [3.63, 3.8) is 0 Å². The average Bonchev–Trinajstić information content (AvgIpc) is 3.46. The van der Waals surface area contributed by atoms with Gasteiger partial charge in [0, 0.05) is 17.9 Å². The molecule has 14 atom stereocenters. The smallest absolute Gasteiger partial charge is 0.331 e. The molecule has 0 spiro atoms. The van der Waals surface area contributed by atoms with Crippen molar-refractivity contribution in [2.75, 3.05) is 6.61 Å². The lowest BCUT2D eigenvalue weighted by atomic mass is 9.41. The number of carbonyl (C=O) groups excluding carboxylic acids is 2. The number of rotatable bonds is 4. The first kappa shape index (κ1) is 28.7. The molecule has 1 saturated heterocycles. The number of carbonyl (C=O) groups is 2. The van der Waals surface area contributed by atoms with Crippen LogP contribution in [0.1, 0.15) is 65.2 Å². The Morgan fingerprint density at radius 2 is 1.75 bits per heavy atom. The largest absolute Gasteiger partial charge is 0.458 e. The molecule has 6 rings (SSSR count).